The molecule has 2 rings (SSSR count). The Labute approximate surface area is 193 Å². The minimum absolute atomic E-state index is 0. The number of likely N-dealkylation sites (tertiary alicyclic amines) is 1. The second-order valence-electron chi connectivity index (χ2n) is 7.09. The Morgan fingerprint density at radius 3 is 2.48 bits per heavy atom. The van der Waals surface area contributed by atoms with Crippen molar-refractivity contribution in [3.63, 3.8) is 0 Å². The quantitative estimate of drug-likeness (QED) is 0.184. The molecule has 3 N–H and O–H groups in total. The third kappa shape index (κ3) is 10.6. The van der Waals surface area contributed by atoms with Gasteiger partial charge in [-0.1, -0.05) is 30.3 Å². The van der Waals surface area contributed by atoms with E-state index < -0.39 is 10.0 Å². The SMILES string of the molecule is CCNC(=NCCCNS(=O)(=O)CC)NC1CCN(Cc2ccccc2)CC1.I. The first-order chi connectivity index (χ1) is 13.5. The van der Waals surface area contributed by atoms with Gasteiger partial charge in [-0.05, 0) is 38.7 Å². The van der Waals surface area contributed by atoms with Crippen molar-refractivity contribution in [2.75, 3.05) is 38.5 Å². The third-order valence-electron chi connectivity index (χ3n) is 4.83. The predicted octanol–water partition coefficient (Wildman–Crippen LogP) is 2.15. The van der Waals surface area contributed by atoms with E-state index in [-0.39, 0.29) is 29.7 Å². The van der Waals surface area contributed by atoms with Crippen molar-refractivity contribution in [3.8, 4) is 0 Å². The van der Waals surface area contributed by atoms with E-state index in [1.54, 1.807) is 6.92 Å². The molecule has 0 saturated carbocycles. The lowest BCUT2D eigenvalue weighted by atomic mass is 10.0. The Hall–Kier alpha value is -0.910. The summed E-state index contributed by atoms with van der Waals surface area (Å²) in [6, 6.07) is 11.0. The van der Waals surface area contributed by atoms with Crippen molar-refractivity contribution in [1.82, 2.24) is 20.3 Å². The number of sulfonamides is 1. The molecule has 1 aromatic rings. The van der Waals surface area contributed by atoms with E-state index in [1.165, 1.54) is 5.56 Å². The van der Waals surface area contributed by atoms with Crippen LogP contribution in [0.25, 0.3) is 0 Å². The summed E-state index contributed by atoms with van der Waals surface area (Å²) in [5, 5.41) is 6.82. The maximum Gasteiger partial charge on any atom is 0.211 e. The number of nitrogens with one attached hydrogen (secondary N) is 3. The van der Waals surface area contributed by atoms with Gasteiger partial charge in [-0.25, -0.2) is 13.1 Å². The van der Waals surface area contributed by atoms with Crippen LogP contribution < -0.4 is 15.4 Å². The van der Waals surface area contributed by atoms with Crippen LogP contribution in [0.3, 0.4) is 0 Å². The molecule has 1 aliphatic rings. The summed E-state index contributed by atoms with van der Waals surface area (Å²) in [6.07, 6.45) is 2.87. The minimum Gasteiger partial charge on any atom is -0.357 e. The molecule has 7 nitrogen and oxygen atoms in total. The first kappa shape index (κ1) is 26.1. The zero-order valence-electron chi connectivity index (χ0n) is 17.6. The van der Waals surface area contributed by atoms with Crippen molar-refractivity contribution in [2.45, 2.75) is 45.7 Å². The van der Waals surface area contributed by atoms with E-state index in [1.807, 2.05) is 0 Å². The van der Waals surface area contributed by atoms with Crippen molar-refractivity contribution in [3.05, 3.63) is 35.9 Å². The van der Waals surface area contributed by atoms with Gasteiger partial charge in [0.2, 0.25) is 10.0 Å². The first-order valence-electron chi connectivity index (χ1n) is 10.3. The number of aliphatic imine (C=N–C) groups is 1. The fourth-order valence-electron chi connectivity index (χ4n) is 3.19. The number of rotatable bonds is 10. The smallest absolute Gasteiger partial charge is 0.211 e. The lowest BCUT2D eigenvalue weighted by molar-refractivity contribution is 0.198. The molecule has 0 aliphatic carbocycles. The molecule has 0 atom stereocenters. The van der Waals surface area contributed by atoms with Gasteiger partial charge < -0.3 is 10.6 Å². The van der Waals surface area contributed by atoms with E-state index in [0.717, 1.165) is 45.0 Å². The molecule has 1 saturated heterocycles. The van der Waals surface area contributed by atoms with Crippen LogP contribution in [0, 0.1) is 0 Å². The lowest BCUT2D eigenvalue weighted by Crippen LogP contribution is -2.48. The highest BCUT2D eigenvalue weighted by atomic mass is 127. The Morgan fingerprint density at radius 1 is 1.17 bits per heavy atom. The molecule has 1 aliphatic heterocycles. The monoisotopic (exact) mass is 537 g/mol. The molecular formula is C20H36IN5O2S. The zero-order chi connectivity index (χ0) is 20.2. The highest BCUT2D eigenvalue weighted by Crippen LogP contribution is 2.13. The molecule has 166 valence electrons. The average molecular weight is 538 g/mol. The summed E-state index contributed by atoms with van der Waals surface area (Å²) in [7, 11) is -3.12. The molecule has 1 fully saturated rings. The molecule has 0 spiro atoms. The van der Waals surface area contributed by atoms with Crippen LogP contribution >= 0.6 is 24.0 Å². The highest BCUT2D eigenvalue weighted by Gasteiger charge is 2.20. The average Bonchev–Trinajstić information content (AvgIpc) is 2.70. The maximum atomic E-state index is 11.4. The number of hydrogen-bond acceptors (Lipinski definition) is 4. The Bertz CT molecular complexity index is 692. The van der Waals surface area contributed by atoms with Crippen molar-refractivity contribution in [2.24, 2.45) is 4.99 Å². The second-order valence-corrected chi connectivity index (χ2v) is 9.19. The van der Waals surface area contributed by atoms with Crippen molar-refractivity contribution >= 4 is 40.0 Å². The van der Waals surface area contributed by atoms with Crippen molar-refractivity contribution < 1.29 is 8.42 Å². The molecule has 0 radical (unpaired) electrons. The molecule has 0 unspecified atom stereocenters. The van der Waals surface area contributed by atoms with Crippen LogP contribution in [0.15, 0.2) is 35.3 Å². The minimum atomic E-state index is -3.12. The van der Waals surface area contributed by atoms with Crippen LogP contribution in [0.2, 0.25) is 0 Å². The van der Waals surface area contributed by atoms with Gasteiger partial charge in [-0.3, -0.25) is 9.89 Å². The maximum absolute atomic E-state index is 11.4. The summed E-state index contributed by atoms with van der Waals surface area (Å²) in [5.74, 6) is 0.936. The number of guanidine groups is 1. The largest absolute Gasteiger partial charge is 0.357 e. The molecule has 0 amide bonds. The van der Waals surface area contributed by atoms with Crippen LogP contribution in [0.5, 0.6) is 0 Å². The number of halogens is 1. The number of nitrogens with zero attached hydrogens (tertiary/aromatic N) is 2. The van der Waals surface area contributed by atoms with Gasteiger partial charge in [-0.2, -0.15) is 0 Å². The molecule has 29 heavy (non-hydrogen) atoms. The summed E-state index contributed by atoms with van der Waals surface area (Å²) in [4.78, 5) is 7.08. The molecule has 9 heteroatoms. The zero-order valence-corrected chi connectivity index (χ0v) is 20.7. The fourth-order valence-corrected chi connectivity index (χ4v) is 3.85. The number of piperidine rings is 1. The Kier molecular flexibility index (Phi) is 12.8. The topological polar surface area (TPSA) is 85.8 Å². The first-order valence-corrected chi connectivity index (χ1v) is 12.0. The van der Waals surface area contributed by atoms with Gasteiger partial charge >= 0.3 is 0 Å². The summed E-state index contributed by atoms with van der Waals surface area (Å²) < 4.78 is 25.4. The van der Waals surface area contributed by atoms with Gasteiger partial charge in [-0.15, -0.1) is 24.0 Å². The molecular weight excluding hydrogens is 501 g/mol. The molecule has 1 aromatic carbocycles. The van der Waals surface area contributed by atoms with Crippen LogP contribution in [0.1, 0.15) is 38.7 Å². The number of benzene rings is 1. The van der Waals surface area contributed by atoms with Crippen LogP contribution in [-0.2, 0) is 16.6 Å². The molecule has 1 heterocycles. The van der Waals surface area contributed by atoms with E-state index >= 15 is 0 Å². The Balaban J connectivity index is 0.00000420. The third-order valence-corrected chi connectivity index (χ3v) is 6.23. The van der Waals surface area contributed by atoms with Gasteiger partial charge in [0.25, 0.3) is 0 Å². The van der Waals surface area contributed by atoms with Crippen LogP contribution in [0.4, 0.5) is 0 Å². The van der Waals surface area contributed by atoms with Crippen LogP contribution in [-0.4, -0.2) is 63.8 Å². The normalized spacial score (nSPS) is 16.3. The van der Waals surface area contributed by atoms with Gasteiger partial charge in [0.15, 0.2) is 5.96 Å². The summed E-state index contributed by atoms with van der Waals surface area (Å²) >= 11 is 0. The number of hydrogen-bond donors (Lipinski definition) is 3. The second kappa shape index (κ2) is 14.2. The van der Waals surface area contributed by atoms with E-state index in [2.05, 4.69) is 62.5 Å². The van der Waals surface area contributed by atoms with Gasteiger partial charge in [0.1, 0.15) is 0 Å². The summed E-state index contributed by atoms with van der Waals surface area (Å²) in [6.45, 7) is 8.67. The molecule has 0 bridgehead atoms. The molecule has 0 aromatic heterocycles. The highest BCUT2D eigenvalue weighted by molar-refractivity contribution is 14.0. The van der Waals surface area contributed by atoms with E-state index in [4.69, 9.17) is 0 Å². The van der Waals surface area contributed by atoms with Gasteiger partial charge in [0, 0.05) is 45.3 Å². The lowest BCUT2D eigenvalue weighted by Gasteiger charge is -2.33. The summed E-state index contributed by atoms with van der Waals surface area (Å²) in [5.41, 5.74) is 1.36. The van der Waals surface area contributed by atoms with Gasteiger partial charge in [0.05, 0.1) is 5.75 Å². The van der Waals surface area contributed by atoms with E-state index in [9.17, 15) is 8.42 Å². The predicted molar refractivity (Wildman–Crippen MR) is 131 cm³/mol. The van der Waals surface area contributed by atoms with Crippen molar-refractivity contribution in [1.29, 1.82) is 0 Å². The Morgan fingerprint density at radius 2 is 1.86 bits per heavy atom. The fraction of sp³-hybridized carbons (Fsp3) is 0.650. The standard InChI is InChI=1S/C20H35N5O2S.HI/c1-3-21-20(22-13-8-14-23-28(26,27)4-2)24-19-11-15-25(16-12-19)17-18-9-6-5-7-10-18;/h5-7,9-10,19,23H,3-4,8,11-17H2,1-2H3,(H2,21,22,24);1H. The van der Waals surface area contributed by atoms with E-state index in [0.29, 0.717) is 25.6 Å².